The Balaban J connectivity index is 1.59. The molecule has 1 aliphatic heterocycles. The molecule has 1 aliphatic rings. The van der Waals surface area contributed by atoms with E-state index in [9.17, 15) is 13.2 Å². The lowest BCUT2D eigenvalue weighted by Gasteiger charge is -2.28. The summed E-state index contributed by atoms with van der Waals surface area (Å²) in [4.78, 5) is 15.2. The lowest BCUT2D eigenvalue weighted by Crippen LogP contribution is -2.43. The monoisotopic (exact) mass is 518 g/mol. The van der Waals surface area contributed by atoms with E-state index in [0.29, 0.717) is 22.3 Å². The van der Waals surface area contributed by atoms with Crippen LogP contribution in [0.25, 0.3) is 0 Å². The minimum absolute atomic E-state index is 0.0114. The van der Waals surface area contributed by atoms with Gasteiger partial charge in [-0.25, -0.2) is 8.42 Å². The van der Waals surface area contributed by atoms with Crippen molar-refractivity contribution in [2.45, 2.75) is 31.8 Å². The highest BCUT2D eigenvalue weighted by Crippen LogP contribution is 2.33. The van der Waals surface area contributed by atoms with Gasteiger partial charge in [0.25, 0.3) is 0 Å². The van der Waals surface area contributed by atoms with Crippen LogP contribution >= 0.6 is 11.6 Å². The SMILES string of the molecule is CC(C)CN(CC(=O)N(Cc1ccc2c(c1)OCO2)Cc1ccco1)S(=O)(=O)c1ccc(Cl)cc1. The van der Waals surface area contributed by atoms with Gasteiger partial charge in [0, 0.05) is 18.1 Å². The standard InChI is InChI=1S/C25H27ClN2O6S/c1-18(2)13-28(35(30,31)22-8-6-20(26)7-9-22)16-25(29)27(15-21-4-3-11-32-21)14-19-5-10-23-24(12-19)34-17-33-23/h3-12,18H,13-17H2,1-2H3. The van der Waals surface area contributed by atoms with E-state index < -0.39 is 10.0 Å². The van der Waals surface area contributed by atoms with Crippen LogP contribution in [0.1, 0.15) is 25.2 Å². The summed E-state index contributed by atoms with van der Waals surface area (Å²) in [5.41, 5.74) is 0.824. The van der Waals surface area contributed by atoms with Gasteiger partial charge in [-0.05, 0) is 60.0 Å². The van der Waals surface area contributed by atoms with Crippen molar-refractivity contribution < 1.29 is 27.1 Å². The number of sulfonamides is 1. The molecule has 0 aliphatic carbocycles. The Morgan fingerprint density at radius 2 is 1.77 bits per heavy atom. The summed E-state index contributed by atoms with van der Waals surface area (Å²) in [5, 5.41) is 0.434. The number of benzene rings is 2. The first-order valence-corrected chi connectivity index (χ1v) is 13.0. The van der Waals surface area contributed by atoms with Gasteiger partial charge in [0.05, 0.1) is 24.2 Å². The average Bonchev–Trinajstić information content (AvgIpc) is 3.49. The molecule has 186 valence electrons. The van der Waals surface area contributed by atoms with Crippen molar-refractivity contribution in [1.82, 2.24) is 9.21 Å². The van der Waals surface area contributed by atoms with E-state index in [2.05, 4.69) is 0 Å². The van der Waals surface area contributed by atoms with Crippen molar-refractivity contribution in [3.05, 3.63) is 77.2 Å². The van der Waals surface area contributed by atoms with Gasteiger partial charge in [0.15, 0.2) is 11.5 Å². The molecule has 0 spiro atoms. The Bertz CT molecular complexity index is 1260. The van der Waals surface area contributed by atoms with Crippen LogP contribution in [0.4, 0.5) is 0 Å². The van der Waals surface area contributed by atoms with Crippen LogP contribution in [0.2, 0.25) is 5.02 Å². The van der Waals surface area contributed by atoms with Crippen LogP contribution in [-0.4, -0.2) is 43.4 Å². The zero-order valence-electron chi connectivity index (χ0n) is 19.5. The van der Waals surface area contributed by atoms with Gasteiger partial charge in [-0.1, -0.05) is 31.5 Å². The molecule has 4 rings (SSSR count). The molecular formula is C25H27ClN2O6S. The molecule has 0 fully saturated rings. The molecule has 10 heteroatoms. The van der Waals surface area contributed by atoms with E-state index in [1.165, 1.54) is 34.8 Å². The number of furan rings is 1. The molecule has 1 amide bonds. The molecule has 0 saturated carbocycles. The largest absolute Gasteiger partial charge is 0.467 e. The highest BCUT2D eigenvalue weighted by molar-refractivity contribution is 7.89. The molecule has 2 aromatic carbocycles. The number of fused-ring (bicyclic) bond motifs is 1. The average molecular weight is 519 g/mol. The summed E-state index contributed by atoms with van der Waals surface area (Å²) in [6.07, 6.45) is 1.54. The van der Waals surface area contributed by atoms with E-state index in [4.69, 9.17) is 25.5 Å². The van der Waals surface area contributed by atoms with E-state index in [1.807, 2.05) is 26.0 Å². The van der Waals surface area contributed by atoms with Crippen LogP contribution in [0, 0.1) is 5.92 Å². The van der Waals surface area contributed by atoms with Gasteiger partial charge in [0.2, 0.25) is 22.7 Å². The molecule has 0 radical (unpaired) electrons. The summed E-state index contributed by atoms with van der Waals surface area (Å²) >= 11 is 5.94. The van der Waals surface area contributed by atoms with Crippen molar-refractivity contribution in [3.8, 4) is 11.5 Å². The number of halogens is 1. The number of carbonyl (C=O) groups excluding carboxylic acids is 1. The second kappa shape index (κ2) is 10.7. The fraction of sp³-hybridized carbons (Fsp3) is 0.320. The van der Waals surface area contributed by atoms with Gasteiger partial charge in [-0.3, -0.25) is 4.79 Å². The third kappa shape index (κ3) is 6.17. The minimum Gasteiger partial charge on any atom is -0.467 e. The smallest absolute Gasteiger partial charge is 0.243 e. The number of hydrogen-bond acceptors (Lipinski definition) is 6. The number of carbonyl (C=O) groups is 1. The highest BCUT2D eigenvalue weighted by Gasteiger charge is 2.29. The maximum Gasteiger partial charge on any atom is 0.243 e. The Kier molecular flexibility index (Phi) is 7.69. The summed E-state index contributed by atoms with van der Waals surface area (Å²) in [7, 11) is -3.92. The summed E-state index contributed by atoms with van der Waals surface area (Å²) in [6.45, 7) is 4.28. The molecule has 0 N–H and O–H groups in total. The first kappa shape index (κ1) is 25.1. The number of rotatable bonds is 10. The molecular weight excluding hydrogens is 492 g/mol. The van der Waals surface area contributed by atoms with E-state index in [-0.39, 0.29) is 49.7 Å². The molecule has 0 atom stereocenters. The second-order valence-corrected chi connectivity index (χ2v) is 11.0. The van der Waals surface area contributed by atoms with Crippen molar-refractivity contribution in [3.63, 3.8) is 0 Å². The summed E-state index contributed by atoms with van der Waals surface area (Å²) in [6, 6.07) is 14.9. The van der Waals surface area contributed by atoms with Gasteiger partial charge in [0.1, 0.15) is 5.76 Å². The Morgan fingerprint density at radius 3 is 2.46 bits per heavy atom. The molecule has 35 heavy (non-hydrogen) atoms. The van der Waals surface area contributed by atoms with E-state index in [0.717, 1.165) is 5.56 Å². The molecule has 3 aromatic rings. The molecule has 0 saturated heterocycles. The van der Waals surface area contributed by atoms with E-state index in [1.54, 1.807) is 23.1 Å². The lowest BCUT2D eigenvalue weighted by molar-refractivity contribution is -0.133. The molecule has 0 bridgehead atoms. The predicted molar refractivity (Wildman–Crippen MR) is 131 cm³/mol. The van der Waals surface area contributed by atoms with Crippen LogP contribution in [0.3, 0.4) is 0 Å². The fourth-order valence-corrected chi connectivity index (χ4v) is 5.42. The van der Waals surface area contributed by atoms with Crippen molar-refractivity contribution >= 4 is 27.5 Å². The number of nitrogens with zero attached hydrogens (tertiary/aromatic N) is 2. The lowest BCUT2D eigenvalue weighted by atomic mass is 10.2. The Labute approximate surface area is 210 Å². The third-order valence-electron chi connectivity index (χ3n) is 5.42. The van der Waals surface area contributed by atoms with Crippen LogP contribution in [-0.2, 0) is 27.9 Å². The minimum atomic E-state index is -3.92. The normalized spacial score (nSPS) is 12.9. The number of ether oxygens (including phenoxy) is 2. The van der Waals surface area contributed by atoms with Crippen LogP contribution in [0.15, 0.2) is 70.2 Å². The predicted octanol–water partition coefficient (Wildman–Crippen LogP) is 4.54. The van der Waals surface area contributed by atoms with Gasteiger partial charge in [-0.15, -0.1) is 0 Å². The topological polar surface area (TPSA) is 89.3 Å². The van der Waals surface area contributed by atoms with Crippen molar-refractivity contribution in [2.75, 3.05) is 19.9 Å². The molecule has 2 heterocycles. The van der Waals surface area contributed by atoms with Crippen molar-refractivity contribution in [1.29, 1.82) is 0 Å². The first-order valence-electron chi connectivity index (χ1n) is 11.2. The maximum absolute atomic E-state index is 13.5. The Hall–Kier alpha value is -3.01. The number of amides is 1. The maximum atomic E-state index is 13.5. The zero-order chi connectivity index (χ0) is 25.0. The first-order chi connectivity index (χ1) is 16.7. The Morgan fingerprint density at radius 1 is 1.03 bits per heavy atom. The molecule has 1 aromatic heterocycles. The van der Waals surface area contributed by atoms with E-state index >= 15 is 0 Å². The second-order valence-electron chi connectivity index (χ2n) is 8.66. The van der Waals surface area contributed by atoms with Crippen LogP contribution in [0.5, 0.6) is 11.5 Å². The number of hydrogen-bond donors (Lipinski definition) is 0. The van der Waals surface area contributed by atoms with Crippen molar-refractivity contribution in [2.24, 2.45) is 5.92 Å². The summed E-state index contributed by atoms with van der Waals surface area (Å²) < 4.78 is 44.3. The third-order valence-corrected chi connectivity index (χ3v) is 7.50. The highest BCUT2D eigenvalue weighted by atomic mass is 35.5. The molecule has 0 unspecified atom stereocenters. The quantitative estimate of drug-likeness (QED) is 0.391. The van der Waals surface area contributed by atoms with Gasteiger partial charge < -0.3 is 18.8 Å². The fourth-order valence-electron chi connectivity index (χ4n) is 3.74. The zero-order valence-corrected chi connectivity index (χ0v) is 21.1. The van der Waals surface area contributed by atoms with Crippen LogP contribution < -0.4 is 9.47 Å². The summed E-state index contributed by atoms with van der Waals surface area (Å²) in [5.74, 6) is 1.51. The van der Waals surface area contributed by atoms with Gasteiger partial charge >= 0.3 is 0 Å². The van der Waals surface area contributed by atoms with Gasteiger partial charge in [-0.2, -0.15) is 4.31 Å². The molecule has 8 nitrogen and oxygen atoms in total.